The number of sulfonamides is 1. The van der Waals surface area contributed by atoms with E-state index in [4.69, 9.17) is 4.74 Å². The summed E-state index contributed by atoms with van der Waals surface area (Å²) < 4.78 is 34.7. The molecule has 4 rings (SSSR count). The molecule has 2 aromatic heterocycles. The van der Waals surface area contributed by atoms with Gasteiger partial charge in [-0.05, 0) is 37.6 Å². The van der Waals surface area contributed by atoms with Crippen molar-refractivity contribution in [2.45, 2.75) is 18.7 Å². The Hall–Kier alpha value is -2.98. The maximum Gasteiger partial charge on any atom is 0.243 e. The van der Waals surface area contributed by atoms with Crippen molar-refractivity contribution >= 4 is 15.8 Å². The summed E-state index contributed by atoms with van der Waals surface area (Å²) in [6, 6.07) is 6.84. The lowest BCUT2D eigenvalue weighted by atomic mass is 10.2. The first-order valence-electron chi connectivity index (χ1n) is 9.62. The molecular formula is C20H24N6O3S. The minimum Gasteiger partial charge on any atom is -0.496 e. The summed E-state index contributed by atoms with van der Waals surface area (Å²) in [5.41, 5.74) is 0.792. The van der Waals surface area contributed by atoms with Crippen molar-refractivity contribution in [1.82, 2.24) is 23.8 Å². The zero-order valence-corrected chi connectivity index (χ0v) is 18.0. The third kappa shape index (κ3) is 3.88. The van der Waals surface area contributed by atoms with Crippen LogP contribution in [-0.2, 0) is 10.0 Å². The minimum atomic E-state index is -3.56. The minimum absolute atomic E-state index is 0.287. The van der Waals surface area contributed by atoms with E-state index in [9.17, 15) is 8.42 Å². The molecular weight excluding hydrogens is 404 g/mol. The first-order valence-corrected chi connectivity index (χ1v) is 11.1. The number of aromatic nitrogens is 4. The largest absolute Gasteiger partial charge is 0.496 e. The highest BCUT2D eigenvalue weighted by molar-refractivity contribution is 7.89. The summed E-state index contributed by atoms with van der Waals surface area (Å²) in [4.78, 5) is 15.4. The van der Waals surface area contributed by atoms with E-state index in [0.717, 1.165) is 17.2 Å². The lowest BCUT2D eigenvalue weighted by molar-refractivity contribution is 0.383. The van der Waals surface area contributed by atoms with Crippen LogP contribution in [0.5, 0.6) is 5.75 Å². The predicted octanol–water partition coefficient (Wildman–Crippen LogP) is 1.80. The number of anilines is 1. The standard InChI is InChI=1S/C20H24N6O3S/c1-15-12-17(4-5-18(15)29-3)30(27,28)26-10-8-24(9-11-26)19-13-20(23-16(2)22-19)25-7-6-21-14-25/h4-7,12-14H,8-11H2,1-3H3. The molecule has 30 heavy (non-hydrogen) atoms. The monoisotopic (exact) mass is 428 g/mol. The molecule has 158 valence electrons. The SMILES string of the molecule is COc1ccc(S(=O)(=O)N2CCN(c3cc(-n4ccnc4)nc(C)n3)CC2)cc1C. The molecule has 3 aromatic rings. The maximum atomic E-state index is 13.1. The lowest BCUT2D eigenvalue weighted by Crippen LogP contribution is -2.49. The van der Waals surface area contributed by atoms with Gasteiger partial charge in [0.05, 0.1) is 12.0 Å². The number of hydrogen-bond acceptors (Lipinski definition) is 7. The Labute approximate surface area is 176 Å². The highest BCUT2D eigenvalue weighted by Gasteiger charge is 2.29. The third-order valence-electron chi connectivity index (χ3n) is 5.15. The van der Waals surface area contributed by atoms with Crippen molar-refractivity contribution < 1.29 is 13.2 Å². The molecule has 9 nitrogen and oxygen atoms in total. The number of imidazole rings is 1. The number of benzene rings is 1. The van der Waals surface area contributed by atoms with Crippen LogP contribution in [0, 0.1) is 13.8 Å². The Bertz CT molecular complexity index is 1140. The van der Waals surface area contributed by atoms with E-state index in [1.807, 2.05) is 30.7 Å². The Balaban J connectivity index is 1.51. The molecule has 1 saturated heterocycles. The van der Waals surface area contributed by atoms with Gasteiger partial charge in [0.25, 0.3) is 0 Å². The third-order valence-corrected chi connectivity index (χ3v) is 7.04. The number of nitrogens with zero attached hydrogens (tertiary/aromatic N) is 6. The molecule has 1 aliphatic rings. The van der Waals surface area contributed by atoms with Crippen LogP contribution < -0.4 is 9.64 Å². The molecule has 0 saturated carbocycles. The first kappa shape index (κ1) is 20.3. The average Bonchev–Trinajstić information content (AvgIpc) is 3.28. The van der Waals surface area contributed by atoms with Crippen LogP contribution in [0.25, 0.3) is 5.82 Å². The van der Waals surface area contributed by atoms with Crippen molar-refractivity contribution in [2.75, 3.05) is 38.2 Å². The number of piperazine rings is 1. The molecule has 0 radical (unpaired) electrons. The topological polar surface area (TPSA) is 93.5 Å². The molecule has 0 bridgehead atoms. The molecule has 1 aliphatic heterocycles. The van der Waals surface area contributed by atoms with Crippen LogP contribution in [0.2, 0.25) is 0 Å². The molecule has 0 N–H and O–H groups in total. The summed E-state index contributed by atoms with van der Waals surface area (Å²) >= 11 is 0. The Morgan fingerprint density at radius 3 is 2.37 bits per heavy atom. The van der Waals surface area contributed by atoms with E-state index in [1.54, 1.807) is 37.8 Å². The Kier molecular flexibility index (Phi) is 5.44. The van der Waals surface area contributed by atoms with E-state index in [-0.39, 0.29) is 4.90 Å². The Morgan fingerprint density at radius 2 is 1.73 bits per heavy atom. The molecule has 0 aliphatic carbocycles. The second kappa shape index (κ2) is 8.04. The fourth-order valence-electron chi connectivity index (χ4n) is 3.54. The predicted molar refractivity (Wildman–Crippen MR) is 113 cm³/mol. The zero-order chi connectivity index (χ0) is 21.3. The lowest BCUT2D eigenvalue weighted by Gasteiger charge is -2.34. The second-order valence-electron chi connectivity index (χ2n) is 7.12. The van der Waals surface area contributed by atoms with Crippen molar-refractivity contribution in [3.63, 3.8) is 0 Å². The van der Waals surface area contributed by atoms with Crippen LogP contribution >= 0.6 is 0 Å². The summed E-state index contributed by atoms with van der Waals surface area (Å²) in [6.07, 6.45) is 5.21. The highest BCUT2D eigenvalue weighted by atomic mass is 32.2. The molecule has 0 amide bonds. The number of ether oxygens (including phenoxy) is 1. The van der Waals surface area contributed by atoms with E-state index in [0.29, 0.717) is 37.8 Å². The summed E-state index contributed by atoms with van der Waals surface area (Å²) in [5, 5.41) is 0. The van der Waals surface area contributed by atoms with Gasteiger partial charge in [-0.25, -0.2) is 23.4 Å². The second-order valence-corrected chi connectivity index (χ2v) is 9.06. The average molecular weight is 429 g/mol. The van der Waals surface area contributed by atoms with Gasteiger partial charge in [-0.2, -0.15) is 4.31 Å². The van der Waals surface area contributed by atoms with Gasteiger partial charge in [-0.3, -0.25) is 4.57 Å². The van der Waals surface area contributed by atoms with Gasteiger partial charge in [0.1, 0.15) is 29.5 Å². The fourth-order valence-corrected chi connectivity index (χ4v) is 5.05. The van der Waals surface area contributed by atoms with Gasteiger partial charge < -0.3 is 9.64 Å². The number of methoxy groups -OCH3 is 1. The van der Waals surface area contributed by atoms with Gasteiger partial charge >= 0.3 is 0 Å². The van der Waals surface area contributed by atoms with Crippen molar-refractivity contribution in [1.29, 1.82) is 0 Å². The molecule has 10 heteroatoms. The van der Waals surface area contributed by atoms with Crippen molar-refractivity contribution in [3.8, 4) is 11.6 Å². The fraction of sp³-hybridized carbons (Fsp3) is 0.350. The number of aryl methyl sites for hydroxylation is 2. The van der Waals surface area contributed by atoms with Gasteiger partial charge in [-0.15, -0.1) is 0 Å². The van der Waals surface area contributed by atoms with Gasteiger partial charge in [-0.1, -0.05) is 0 Å². The number of rotatable bonds is 5. The van der Waals surface area contributed by atoms with Crippen molar-refractivity contribution in [3.05, 3.63) is 54.4 Å². The van der Waals surface area contributed by atoms with Crippen LogP contribution in [-0.4, -0.2) is 65.5 Å². The van der Waals surface area contributed by atoms with Gasteiger partial charge in [0.15, 0.2) is 0 Å². The van der Waals surface area contributed by atoms with E-state index >= 15 is 0 Å². The summed E-state index contributed by atoms with van der Waals surface area (Å²) in [7, 11) is -1.99. The van der Waals surface area contributed by atoms with Crippen molar-refractivity contribution in [2.24, 2.45) is 0 Å². The van der Waals surface area contributed by atoms with E-state index < -0.39 is 10.0 Å². The van der Waals surface area contributed by atoms with Crippen LogP contribution in [0.1, 0.15) is 11.4 Å². The first-order chi connectivity index (χ1) is 14.4. The Morgan fingerprint density at radius 1 is 1.00 bits per heavy atom. The van der Waals surface area contributed by atoms with Crippen LogP contribution in [0.15, 0.2) is 47.9 Å². The maximum absolute atomic E-state index is 13.1. The van der Waals surface area contributed by atoms with Gasteiger partial charge in [0, 0.05) is 44.6 Å². The summed E-state index contributed by atoms with van der Waals surface area (Å²) in [5.74, 6) is 2.84. The molecule has 0 atom stereocenters. The highest BCUT2D eigenvalue weighted by Crippen LogP contribution is 2.25. The van der Waals surface area contributed by atoms with Gasteiger partial charge in [0.2, 0.25) is 10.0 Å². The van der Waals surface area contributed by atoms with Crippen LogP contribution in [0.4, 0.5) is 5.82 Å². The smallest absolute Gasteiger partial charge is 0.243 e. The molecule has 0 spiro atoms. The molecule has 1 aromatic carbocycles. The zero-order valence-electron chi connectivity index (χ0n) is 17.2. The van der Waals surface area contributed by atoms with E-state index in [1.165, 1.54) is 4.31 Å². The van der Waals surface area contributed by atoms with E-state index in [2.05, 4.69) is 19.9 Å². The summed E-state index contributed by atoms with van der Waals surface area (Å²) in [6.45, 7) is 5.55. The molecule has 3 heterocycles. The number of hydrogen-bond donors (Lipinski definition) is 0. The normalized spacial score (nSPS) is 15.4. The quantitative estimate of drug-likeness (QED) is 0.612. The van der Waals surface area contributed by atoms with Crippen LogP contribution in [0.3, 0.4) is 0 Å². The molecule has 1 fully saturated rings. The molecule has 0 unspecified atom stereocenters.